The van der Waals surface area contributed by atoms with Crippen molar-refractivity contribution in [2.45, 2.75) is 101 Å². The quantitative estimate of drug-likeness (QED) is 0.324. The van der Waals surface area contributed by atoms with Crippen molar-refractivity contribution >= 4 is 22.6 Å². The van der Waals surface area contributed by atoms with Gasteiger partial charge in [0.2, 0.25) is 0 Å². The summed E-state index contributed by atoms with van der Waals surface area (Å²) >= 11 is 2.57. The van der Waals surface area contributed by atoms with Crippen LogP contribution in [0.5, 0.6) is 0 Å². The lowest BCUT2D eigenvalue weighted by Crippen LogP contribution is -2.51. The molecule has 2 nitrogen and oxygen atoms in total. The fraction of sp³-hybridized carbons (Fsp3) is 1.00. The third kappa shape index (κ3) is 5.62. The summed E-state index contributed by atoms with van der Waals surface area (Å²) in [5, 5.41) is 0. The Balaban J connectivity index is 1.80. The van der Waals surface area contributed by atoms with E-state index in [1.807, 2.05) is 0 Å². The van der Waals surface area contributed by atoms with Crippen LogP contribution >= 0.6 is 22.6 Å². The standard InChI is InChI=1S/C19H36INO/c1-14(2)11-16-7-6-8-17(13-16)22-18-9-10-21(15(3)12-18)19(4,5)20/h14-18H,6-13H2,1-5H3/t15-,16?,17?,18?/m0/s1. The first-order valence-electron chi connectivity index (χ1n) is 9.36. The minimum Gasteiger partial charge on any atom is -0.375 e. The summed E-state index contributed by atoms with van der Waals surface area (Å²) < 4.78 is 6.81. The Bertz CT molecular complexity index is 339. The van der Waals surface area contributed by atoms with Crippen molar-refractivity contribution in [3.05, 3.63) is 0 Å². The molecule has 2 rings (SSSR count). The van der Waals surface area contributed by atoms with Gasteiger partial charge in [-0.05, 0) is 64.7 Å². The maximum absolute atomic E-state index is 6.55. The fourth-order valence-corrected chi connectivity index (χ4v) is 5.28. The van der Waals surface area contributed by atoms with Crippen molar-refractivity contribution in [2.75, 3.05) is 6.54 Å². The van der Waals surface area contributed by atoms with Gasteiger partial charge in [-0.15, -0.1) is 0 Å². The van der Waals surface area contributed by atoms with Crippen LogP contribution in [0.1, 0.15) is 79.6 Å². The van der Waals surface area contributed by atoms with Crippen LogP contribution in [0.3, 0.4) is 0 Å². The molecule has 2 fully saturated rings. The van der Waals surface area contributed by atoms with Crippen molar-refractivity contribution in [1.82, 2.24) is 4.90 Å². The lowest BCUT2D eigenvalue weighted by Gasteiger charge is -2.45. The van der Waals surface area contributed by atoms with Crippen LogP contribution in [0, 0.1) is 11.8 Å². The van der Waals surface area contributed by atoms with Gasteiger partial charge in [0.25, 0.3) is 0 Å². The van der Waals surface area contributed by atoms with Crippen LogP contribution in [0.25, 0.3) is 0 Å². The van der Waals surface area contributed by atoms with E-state index in [0.29, 0.717) is 18.2 Å². The van der Waals surface area contributed by atoms with Crippen LogP contribution in [-0.4, -0.2) is 33.2 Å². The zero-order valence-electron chi connectivity index (χ0n) is 15.3. The van der Waals surface area contributed by atoms with E-state index in [1.165, 1.54) is 51.5 Å². The Morgan fingerprint density at radius 1 is 1.14 bits per heavy atom. The molecular formula is C19H36INO. The van der Waals surface area contributed by atoms with Crippen molar-refractivity contribution < 1.29 is 4.74 Å². The van der Waals surface area contributed by atoms with Crippen molar-refractivity contribution in [1.29, 1.82) is 0 Å². The highest BCUT2D eigenvalue weighted by atomic mass is 127. The molecule has 1 aliphatic carbocycles. The molecule has 1 heterocycles. The predicted molar refractivity (Wildman–Crippen MR) is 104 cm³/mol. The lowest BCUT2D eigenvalue weighted by atomic mass is 9.82. The molecule has 22 heavy (non-hydrogen) atoms. The highest BCUT2D eigenvalue weighted by molar-refractivity contribution is 14.1. The summed E-state index contributed by atoms with van der Waals surface area (Å²) in [5.41, 5.74) is 0. The molecule has 0 bridgehead atoms. The number of hydrogen-bond donors (Lipinski definition) is 0. The average molecular weight is 421 g/mol. The van der Waals surface area contributed by atoms with Crippen LogP contribution in [0.2, 0.25) is 0 Å². The molecule has 3 unspecified atom stereocenters. The smallest absolute Gasteiger partial charge is 0.0675 e. The monoisotopic (exact) mass is 421 g/mol. The zero-order valence-corrected chi connectivity index (χ0v) is 17.4. The molecule has 0 spiro atoms. The highest BCUT2D eigenvalue weighted by Gasteiger charge is 2.35. The molecule has 4 atom stereocenters. The number of rotatable bonds is 5. The van der Waals surface area contributed by atoms with Crippen LogP contribution in [0.15, 0.2) is 0 Å². The van der Waals surface area contributed by atoms with Gasteiger partial charge in [-0.25, -0.2) is 0 Å². The normalized spacial score (nSPS) is 35.0. The molecule has 1 aliphatic heterocycles. The molecule has 2 aliphatic rings. The van der Waals surface area contributed by atoms with E-state index in [1.54, 1.807) is 0 Å². The van der Waals surface area contributed by atoms with E-state index in [2.05, 4.69) is 62.1 Å². The number of hydrogen-bond acceptors (Lipinski definition) is 2. The first-order valence-corrected chi connectivity index (χ1v) is 10.4. The molecule has 0 aromatic carbocycles. The first kappa shape index (κ1) is 19.0. The predicted octanol–water partition coefficient (Wildman–Crippen LogP) is 5.63. The Kier molecular flexibility index (Phi) is 7.03. The summed E-state index contributed by atoms with van der Waals surface area (Å²) in [6.07, 6.45) is 10.2. The second-order valence-electron chi connectivity index (χ2n) is 8.52. The molecule has 1 saturated heterocycles. The molecule has 3 heteroatoms. The van der Waals surface area contributed by atoms with Crippen molar-refractivity contribution in [3.63, 3.8) is 0 Å². The Morgan fingerprint density at radius 3 is 2.41 bits per heavy atom. The molecular weight excluding hydrogens is 385 g/mol. The number of likely N-dealkylation sites (tertiary alicyclic amines) is 1. The molecule has 0 N–H and O–H groups in total. The topological polar surface area (TPSA) is 12.5 Å². The van der Waals surface area contributed by atoms with Gasteiger partial charge in [0.15, 0.2) is 0 Å². The third-order valence-corrected chi connectivity index (χ3v) is 6.06. The maximum atomic E-state index is 6.55. The second-order valence-corrected chi connectivity index (χ2v) is 11.2. The maximum Gasteiger partial charge on any atom is 0.0675 e. The third-order valence-electron chi connectivity index (χ3n) is 5.44. The minimum atomic E-state index is 0.259. The lowest BCUT2D eigenvalue weighted by molar-refractivity contribution is -0.0798. The van der Waals surface area contributed by atoms with Gasteiger partial charge in [0.1, 0.15) is 0 Å². The van der Waals surface area contributed by atoms with E-state index in [4.69, 9.17) is 4.74 Å². The largest absolute Gasteiger partial charge is 0.375 e. The van der Waals surface area contributed by atoms with Crippen molar-refractivity contribution in [2.24, 2.45) is 11.8 Å². The van der Waals surface area contributed by atoms with Crippen LogP contribution < -0.4 is 0 Å². The van der Waals surface area contributed by atoms with Crippen LogP contribution in [-0.2, 0) is 4.74 Å². The SMILES string of the molecule is CC(C)CC1CCCC(OC2CCN(C(C)(C)I)[C@@H](C)C2)C1. The van der Waals surface area contributed by atoms with Crippen LogP contribution in [0.4, 0.5) is 0 Å². The average Bonchev–Trinajstić information content (AvgIpc) is 2.36. The van der Waals surface area contributed by atoms with E-state index in [0.717, 1.165) is 11.8 Å². The molecule has 130 valence electrons. The van der Waals surface area contributed by atoms with E-state index in [9.17, 15) is 0 Å². The Labute approximate surface area is 151 Å². The summed E-state index contributed by atoms with van der Waals surface area (Å²) in [7, 11) is 0. The highest BCUT2D eigenvalue weighted by Crippen LogP contribution is 2.35. The second kappa shape index (κ2) is 8.15. The number of piperidine rings is 1. The summed E-state index contributed by atoms with van der Waals surface area (Å²) in [5.74, 6) is 1.74. The van der Waals surface area contributed by atoms with E-state index >= 15 is 0 Å². The van der Waals surface area contributed by atoms with Gasteiger partial charge >= 0.3 is 0 Å². The van der Waals surface area contributed by atoms with Gasteiger partial charge in [-0.2, -0.15) is 0 Å². The van der Waals surface area contributed by atoms with Crippen molar-refractivity contribution in [3.8, 4) is 0 Å². The van der Waals surface area contributed by atoms with Gasteiger partial charge in [-0.1, -0.05) is 49.3 Å². The minimum absolute atomic E-state index is 0.259. The Morgan fingerprint density at radius 2 is 1.82 bits per heavy atom. The van der Waals surface area contributed by atoms with Gasteiger partial charge < -0.3 is 4.74 Å². The van der Waals surface area contributed by atoms with E-state index < -0.39 is 0 Å². The fourth-order valence-electron chi connectivity index (χ4n) is 4.56. The molecule has 0 aromatic heterocycles. The number of nitrogens with zero attached hydrogens (tertiary/aromatic N) is 1. The number of halogens is 1. The molecule has 0 radical (unpaired) electrons. The molecule has 0 amide bonds. The van der Waals surface area contributed by atoms with E-state index in [-0.39, 0.29) is 3.55 Å². The zero-order chi connectivity index (χ0) is 16.3. The summed E-state index contributed by atoms with van der Waals surface area (Å²) in [6.45, 7) is 12.9. The summed E-state index contributed by atoms with van der Waals surface area (Å²) in [4.78, 5) is 2.63. The molecule has 1 saturated carbocycles. The van der Waals surface area contributed by atoms with Gasteiger partial charge in [0, 0.05) is 12.6 Å². The number of alkyl halides is 1. The summed E-state index contributed by atoms with van der Waals surface area (Å²) in [6, 6.07) is 0.640. The first-order chi connectivity index (χ1) is 10.3. The van der Waals surface area contributed by atoms with Gasteiger partial charge in [0.05, 0.1) is 15.8 Å². The Hall–Kier alpha value is 0.650. The number of ether oxygens (including phenoxy) is 1. The molecule has 0 aromatic rings. The van der Waals surface area contributed by atoms with Gasteiger partial charge in [-0.3, -0.25) is 4.90 Å².